The van der Waals surface area contributed by atoms with Gasteiger partial charge >= 0.3 is 0 Å². The summed E-state index contributed by atoms with van der Waals surface area (Å²) in [6.07, 6.45) is -2.17. The van der Waals surface area contributed by atoms with Crippen LogP contribution in [0, 0.1) is 0 Å². The van der Waals surface area contributed by atoms with E-state index in [0.717, 1.165) is 6.07 Å². The lowest BCUT2D eigenvalue weighted by atomic mass is 10.1. The molecule has 1 aromatic rings. The van der Waals surface area contributed by atoms with Gasteiger partial charge in [0.1, 0.15) is 6.10 Å². The highest BCUT2D eigenvalue weighted by Crippen LogP contribution is 2.31. The average molecular weight is 316 g/mol. The van der Waals surface area contributed by atoms with Gasteiger partial charge in [-0.3, -0.25) is 9.59 Å². The maximum Gasteiger partial charge on any atom is 0.254 e. The van der Waals surface area contributed by atoms with E-state index in [2.05, 4.69) is 4.98 Å². The van der Waals surface area contributed by atoms with Gasteiger partial charge in [0, 0.05) is 11.8 Å². The highest BCUT2D eigenvalue weighted by atomic mass is 35.6. The van der Waals surface area contributed by atoms with Gasteiger partial charge in [-0.2, -0.15) is 0 Å². The Balaban J connectivity index is 2.94. The van der Waals surface area contributed by atoms with Crippen LogP contribution in [-0.4, -0.2) is 36.8 Å². The first kappa shape index (κ1) is 15.3. The Kier molecular flexibility index (Phi) is 4.63. The van der Waals surface area contributed by atoms with Gasteiger partial charge in [-0.05, 0) is 6.07 Å². The van der Waals surface area contributed by atoms with Gasteiger partial charge in [-0.25, -0.2) is 0 Å². The highest BCUT2D eigenvalue weighted by molar-refractivity contribution is 6.77. The molecule has 0 radical (unpaired) electrons. The molecule has 5 N–H and O–H groups in total. The molecule has 100 valence electrons. The summed E-state index contributed by atoms with van der Waals surface area (Å²) in [5.74, 6) is -1.93. The zero-order valence-electron chi connectivity index (χ0n) is 8.73. The molecule has 1 rings (SSSR count). The third-order valence-corrected chi connectivity index (χ3v) is 2.65. The molecule has 0 aliphatic heterocycles. The third kappa shape index (κ3) is 3.37. The van der Waals surface area contributed by atoms with E-state index in [4.69, 9.17) is 40.5 Å². The summed E-state index contributed by atoms with van der Waals surface area (Å²) in [5, 5.41) is 18.8. The molecule has 0 aliphatic rings. The molecule has 1 aromatic heterocycles. The number of nitrogens with one attached hydrogen (secondary N) is 1. The highest BCUT2D eigenvalue weighted by Gasteiger charge is 2.33. The van der Waals surface area contributed by atoms with E-state index in [1.165, 1.54) is 6.20 Å². The second-order valence-corrected chi connectivity index (χ2v) is 5.75. The number of rotatable bonds is 4. The van der Waals surface area contributed by atoms with Crippen molar-refractivity contribution in [2.45, 2.75) is 16.0 Å². The maximum absolute atomic E-state index is 11.5. The number of hydrogen-bond acceptors (Lipinski definition) is 4. The van der Waals surface area contributed by atoms with Crippen LogP contribution >= 0.6 is 34.8 Å². The Morgan fingerprint density at radius 2 is 1.89 bits per heavy atom. The number of nitrogens with two attached hydrogens (primary N) is 1. The fourth-order valence-corrected chi connectivity index (χ4v) is 1.51. The first-order valence-corrected chi connectivity index (χ1v) is 5.73. The minimum Gasteiger partial charge on any atom is -0.385 e. The van der Waals surface area contributed by atoms with Gasteiger partial charge in [-0.15, -0.1) is 0 Å². The number of aromatic nitrogens is 1. The molecule has 1 amide bonds. The topological polar surface area (TPSA) is 116 Å². The molecule has 2 unspecified atom stereocenters. The number of carbonyl (C=O) groups excluding carboxylic acids is 2. The van der Waals surface area contributed by atoms with Crippen LogP contribution in [0.1, 0.15) is 22.2 Å². The maximum atomic E-state index is 11.5. The summed E-state index contributed by atoms with van der Waals surface area (Å²) in [5.41, 5.74) is 4.81. The Hall–Kier alpha value is -0.790. The number of aromatic amines is 1. The van der Waals surface area contributed by atoms with Crippen LogP contribution in [-0.2, 0) is 4.79 Å². The molecule has 1 heterocycles. The number of aliphatic hydroxyl groups is 2. The van der Waals surface area contributed by atoms with Crippen molar-refractivity contribution in [3.8, 4) is 0 Å². The molecule has 0 saturated carbocycles. The van der Waals surface area contributed by atoms with E-state index in [9.17, 15) is 19.8 Å². The summed E-state index contributed by atoms with van der Waals surface area (Å²) < 4.78 is -2.14. The van der Waals surface area contributed by atoms with Crippen LogP contribution < -0.4 is 5.73 Å². The first-order valence-electron chi connectivity index (χ1n) is 4.60. The SMILES string of the molecule is NC(=O)C(O)C(O)c1c[nH]c(C(=O)C(Cl)(Cl)Cl)c1. The van der Waals surface area contributed by atoms with Crippen LogP contribution in [0.5, 0.6) is 0 Å². The number of hydrogen-bond donors (Lipinski definition) is 4. The van der Waals surface area contributed by atoms with E-state index in [-0.39, 0.29) is 11.3 Å². The van der Waals surface area contributed by atoms with E-state index in [0.29, 0.717) is 0 Å². The summed E-state index contributed by atoms with van der Waals surface area (Å²) in [6, 6.07) is 1.15. The molecule has 0 fully saturated rings. The lowest BCUT2D eigenvalue weighted by molar-refractivity contribution is -0.131. The van der Waals surface area contributed by atoms with Crippen molar-refractivity contribution >= 4 is 46.5 Å². The van der Waals surface area contributed by atoms with E-state index >= 15 is 0 Å². The van der Waals surface area contributed by atoms with Gasteiger partial charge in [-0.1, -0.05) is 34.8 Å². The van der Waals surface area contributed by atoms with Gasteiger partial charge < -0.3 is 20.9 Å². The number of carbonyl (C=O) groups is 2. The molecule has 9 heteroatoms. The number of H-pyrrole nitrogens is 1. The molecule has 0 saturated heterocycles. The van der Waals surface area contributed by atoms with Crippen molar-refractivity contribution in [2.24, 2.45) is 5.73 Å². The van der Waals surface area contributed by atoms with Crippen molar-refractivity contribution in [2.75, 3.05) is 0 Å². The fraction of sp³-hybridized carbons (Fsp3) is 0.333. The number of primary amides is 1. The van der Waals surface area contributed by atoms with Crippen molar-refractivity contribution in [1.82, 2.24) is 4.98 Å². The van der Waals surface area contributed by atoms with E-state index in [1.807, 2.05) is 0 Å². The Bertz CT molecular complexity index is 469. The van der Waals surface area contributed by atoms with Crippen LogP contribution in [0.3, 0.4) is 0 Å². The van der Waals surface area contributed by atoms with Crippen LogP contribution in [0.4, 0.5) is 0 Å². The van der Waals surface area contributed by atoms with Crippen molar-refractivity contribution in [3.63, 3.8) is 0 Å². The summed E-state index contributed by atoms with van der Waals surface area (Å²) >= 11 is 16.2. The number of alkyl halides is 3. The first-order chi connectivity index (χ1) is 8.14. The minimum absolute atomic E-state index is 0.0684. The normalized spacial score (nSPS) is 15.2. The van der Waals surface area contributed by atoms with Gasteiger partial charge in [0.05, 0.1) is 5.69 Å². The van der Waals surface area contributed by atoms with Crippen LogP contribution in [0.15, 0.2) is 12.3 Å². The molecular weight excluding hydrogens is 306 g/mol. The average Bonchev–Trinajstić information content (AvgIpc) is 2.73. The zero-order valence-corrected chi connectivity index (χ0v) is 11.0. The largest absolute Gasteiger partial charge is 0.385 e. The number of halogens is 3. The Morgan fingerprint density at radius 1 is 1.33 bits per heavy atom. The van der Waals surface area contributed by atoms with Crippen LogP contribution in [0.25, 0.3) is 0 Å². The molecular formula is C9H9Cl3N2O4. The second-order valence-electron chi connectivity index (χ2n) is 3.47. The number of ketones is 1. The summed E-state index contributed by atoms with van der Waals surface area (Å²) in [7, 11) is 0. The monoisotopic (exact) mass is 314 g/mol. The molecule has 0 aromatic carbocycles. The summed E-state index contributed by atoms with van der Waals surface area (Å²) in [4.78, 5) is 24.7. The Morgan fingerprint density at radius 3 is 2.33 bits per heavy atom. The number of amides is 1. The number of Topliss-reactive ketones (excluding diaryl/α,β-unsaturated/α-hetero) is 1. The predicted molar refractivity (Wildman–Crippen MR) is 65.6 cm³/mol. The standard InChI is InChI=1S/C9H9Cl3N2O4/c10-9(11,12)7(17)4-1-3(2-14-4)5(15)6(16)8(13)18/h1-2,5-6,14-16H,(H2,13,18). The second kappa shape index (κ2) is 5.46. The number of aliphatic hydroxyl groups excluding tert-OH is 2. The molecule has 6 nitrogen and oxygen atoms in total. The van der Waals surface area contributed by atoms with Crippen molar-refractivity contribution in [1.29, 1.82) is 0 Å². The smallest absolute Gasteiger partial charge is 0.254 e. The quantitative estimate of drug-likeness (QED) is 0.476. The van der Waals surface area contributed by atoms with Gasteiger partial charge in [0.2, 0.25) is 11.7 Å². The van der Waals surface area contributed by atoms with E-state index in [1.54, 1.807) is 0 Å². The molecule has 0 spiro atoms. The van der Waals surface area contributed by atoms with E-state index < -0.39 is 27.7 Å². The van der Waals surface area contributed by atoms with Crippen molar-refractivity contribution < 1.29 is 19.8 Å². The molecule has 2 atom stereocenters. The van der Waals surface area contributed by atoms with Crippen LogP contribution in [0.2, 0.25) is 0 Å². The van der Waals surface area contributed by atoms with Gasteiger partial charge in [0.25, 0.3) is 3.79 Å². The predicted octanol–water partition coefficient (Wildman–Crippen LogP) is 0.447. The lowest BCUT2D eigenvalue weighted by Crippen LogP contribution is -2.33. The Labute approximate surface area is 117 Å². The lowest BCUT2D eigenvalue weighted by Gasteiger charge is -2.12. The zero-order chi connectivity index (χ0) is 14.1. The molecule has 0 bridgehead atoms. The van der Waals surface area contributed by atoms with Gasteiger partial charge in [0.15, 0.2) is 6.10 Å². The molecule has 0 aliphatic carbocycles. The summed E-state index contributed by atoms with van der Waals surface area (Å²) in [6.45, 7) is 0. The minimum atomic E-state index is -2.14. The fourth-order valence-electron chi connectivity index (χ4n) is 1.20. The molecule has 18 heavy (non-hydrogen) atoms. The third-order valence-electron chi connectivity index (χ3n) is 2.14. The van der Waals surface area contributed by atoms with Crippen molar-refractivity contribution in [3.05, 3.63) is 23.5 Å².